The van der Waals surface area contributed by atoms with Crippen molar-refractivity contribution >= 4 is 33.4 Å². The number of hydrogen-bond acceptors (Lipinski definition) is 6. The molecule has 0 radical (unpaired) electrons. The molecule has 0 spiro atoms. The molecule has 0 bridgehead atoms. The van der Waals surface area contributed by atoms with E-state index in [0.717, 1.165) is 45.3 Å². The summed E-state index contributed by atoms with van der Waals surface area (Å²) in [6.07, 6.45) is 3.48. The molecule has 0 unspecified atom stereocenters. The topological polar surface area (TPSA) is 108 Å². The smallest absolute Gasteiger partial charge is 0.281 e. The molecule has 9 nitrogen and oxygen atoms in total. The summed E-state index contributed by atoms with van der Waals surface area (Å²) in [4.78, 5) is 15.2. The Hall–Kier alpha value is -1.59. The number of ether oxygens (including phenoxy) is 1. The first-order chi connectivity index (χ1) is 15.1. The van der Waals surface area contributed by atoms with Gasteiger partial charge in [0.05, 0.1) is 23.4 Å². The Morgan fingerprint density at radius 3 is 2.38 bits per heavy atom. The van der Waals surface area contributed by atoms with Gasteiger partial charge in [-0.25, -0.2) is 0 Å². The first-order valence-corrected chi connectivity index (χ1v) is 12.7. The number of piperidine rings is 2. The lowest BCUT2D eigenvalue weighted by Crippen LogP contribution is -2.48. The van der Waals surface area contributed by atoms with Gasteiger partial charge >= 0.3 is 0 Å². The van der Waals surface area contributed by atoms with Crippen LogP contribution in [0.4, 0.5) is 5.69 Å². The van der Waals surface area contributed by atoms with Gasteiger partial charge < -0.3 is 20.7 Å². The quantitative estimate of drug-likeness (QED) is 0.566. The Morgan fingerprint density at radius 1 is 1.19 bits per heavy atom. The van der Waals surface area contributed by atoms with Gasteiger partial charge in [0.2, 0.25) is 0 Å². The van der Waals surface area contributed by atoms with E-state index >= 15 is 0 Å². The number of nitrogens with zero attached hydrogens (tertiary/aromatic N) is 3. The van der Waals surface area contributed by atoms with E-state index in [0.29, 0.717) is 41.0 Å². The molecule has 180 valence electrons. The Balaban J connectivity index is 1.45. The monoisotopic (exact) mass is 487 g/mol. The third-order valence-corrected chi connectivity index (χ3v) is 8.63. The lowest BCUT2D eigenvalue weighted by atomic mass is 9.95. The van der Waals surface area contributed by atoms with Crippen LogP contribution in [0.25, 0.3) is 0 Å². The highest BCUT2D eigenvalue weighted by Gasteiger charge is 2.31. The molecule has 2 heterocycles. The second-order valence-corrected chi connectivity index (χ2v) is 11.3. The Labute approximate surface area is 196 Å². The standard InChI is InChI=1S/C21H34ClN5O4S/c1-25(2)32(29,30)27-10-4-15(5-11-27)14-26-8-6-16(7-9-26)24-21(28)17-12-18(22)19(23)13-20(17)31-3/h12-13,15-16H,4-11,14,23H2,1-3H3,(H,24,28). The Kier molecular flexibility index (Phi) is 8.26. The van der Waals surface area contributed by atoms with Crippen molar-refractivity contribution in [2.24, 2.45) is 5.92 Å². The molecule has 2 saturated heterocycles. The number of nitrogen functional groups attached to an aromatic ring is 1. The summed E-state index contributed by atoms with van der Waals surface area (Å²) in [6.45, 7) is 3.92. The fraction of sp³-hybridized carbons (Fsp3) is 0.667. The maximum atomic E-state index is 12.8. The van der Waals surface area contributed by atoms with Gasteiger partial charge in [0, 0.05) is 58.9 Å². The summed E-state index contributed by atoms with van der Waals surface area (Å²) in [5, 5.41) is 3.42. The van der Waals surface area contributed by atoms with Crippen molar-refractivity contribution in [3.05, 3.63) is 22.7 Å². The second kappa shape index (κ2) is 10.6. The average molecular weight is 488 g/mol. The number of carbonyl (C=O) groups is 1. The van der Waals surface area contributed by atoms with E-state index in [2.05, 4.69) is 10.2 Å². The number of rotatable bonds is 7. The van der Waals surface area contributed by atoms with Gasteiger partial charge in [-0.2, -0.15) is 17.0 Å². The lowest BCUT2D eigenvalue weighted by Gasteiger charge is -2.38. The summed E-state index contributed by atoms with van der Waals surface area (Å²) in [5.41, 5.74) is 6.56. The van der Waals surface area contributed by atoms with E-state index in [1.165, 1.54) is 11.4 Å². The zero-order valence-corrected chi connectivity index (χ0v) is 20.6. The van der Waals surface area contributed by atoms with Crippen LogP contribution < -0.4 is 15.8 Å². The predicted octanol–water partition coefficient (Wildman–Crippen LogP) is 1.64. The first-order valence-electron chi connectivity index (χ1n) is 11.0. The van der Waals surface area contributed by atoms with Crippen molar-refractivity contribution in [1.29, 1.82) is 0 Å². The summed E-state index contributed by atoms with van der Waals surface area (Å²) >= 11 is 6.08. The molecule has 0 saturated carbocycles. The number of carbonyl (C=O) groups excluding carboxylic acids is 1. The molecule has 2 aliphatic rings. The zero-order valence-electron chi connectivity index (χ0n) is 19.0. The molecule has 32 heavy (non-hydrogen) atoms. The largest absolute Gasteiger partial charge is 0.496 e. The van der Waals surface area contributed by atoms with Crippen LogP contribution in [-0.2, 0) is 10.2 Å². The van der Waals surface area contributed by atoms with E-state index in [9.17, 15) is 13.2 Å². The average Bonchev–Trinajstić information content (AvgIpc) is 2.76. The van der Waals surface area contributed by atoms with E-state index in [-0.39, 0.29) is 11.9 Å². The van der Waals surface area contributed by atoms with Crippen molar-refractivity contribution in [2.75, 3.05) is 59.7 Å². The molecule has 2 fully saturated rings. The number of methoxy groups -OCH3 is 1. The van der Waals surface area contributed by atoms with Crippen LogP contribution in [0.2, 0.25) is 5.02 Å². The summed E-state index contributed by atoms with van der Waals surface area (Å²) in [5.74, 6) is 0.692. The zero-order chi connectivity index (χ0) is 23.5. The second-order valence-electron chi connectivity index (χ2n) is 8.75. The van der Waals surface area contributed by atoms with Gasteiger partial charge in [-0.1, -0.05) is 11.6 Å². The molecule has 0 aliphatic carbocycles. The van der Waals surface area contributed by atoms with E-state index in [1.807, 2.05) is 0 Å². The molecular weight excluding hydrogens is 454 g/mol. The van der Waals surface area contributed by atoms with Crippen LogP contribution in [0.15, 0.2) is 12.1 Å². The number of anilines is 1. The minimum Gasteiger partial charge on any atom is -0.496 e. The molecule has 3 rings (SSSR count). The molecule has 1 aromatic rings. The van der Waals surface area contributed by atoms with Crippen molar-refractivity contribution in [2.45, 2.75) is 31.7 Å². The maximum absolute atomic E-state index is 12.8. The fourth-order valence-electron chi connectivity index (χ4n) is 4.36. The summed E-state index contributed by atoms with van der Waals surface area (Å²) in [7, 11) is 1.32. The molecule has 1 amide bonds. The van der Waals surface area contributed by atoms with Crippen LogP contribution in [-0.4, -0.2) is 87.8 Å². The molecular formula is C21H34ClN5O4S. The van der Waals surface area contributed by atoms with Gasteiger partial charge in [-0.3, -0.25) is 4.79 Å². The van der Waals surface area contributed by atoms with Crippen LogP contribution in [0, 0.1) is 5.92 Å². The van der Waals surface area contributed by atoms with Gasteiger partial charge in [-0.15, -0.1) is 0 Å². The van der Waals surface area contributed by atoms with Crippen LogP contribution in [0.5, 0.6) is 5.75 Å². The van der Waals surface area contributed by atoms with Gasteiger partial charge in [0.1, 0.15) is 5.75 Å². The summed E-state index contributed by atoms with van der Waals surface area (Å²) in [6, 6.07) is 3.20. The normalized spacial score (nSPS) is 19.9. The molecule has 11 heteroatoms. The minimum atomic E-state index is -3.32. The number of nitrogens with two attached hydrogens (primary N) is 1. The number of hydrogen-bond donors (Lipinski definition) is 2. The van der Waals surface area contributed by atoms with E-state index in [1.54, 1.807) is 30.5 Å². The Bertz CT molecular complexity index is 911. The molecule has 3 N–H and O–H groups in total. The number of nitrogens with one attached hydrogen (secondary N) is 1. The Morgan fingerprint density at radius 2 is 1.81 bits per heavy atom. The van der Waals surface area contributed by atoms with Crippen LogP contribution in [0.1, 0.15) is 36.0 Å². The van der Waals surface area contributed by atoms with Crippen LogP contribution in [0.3, 0.4) is 0 Å². The van der Waals surface area contributed by atoms with Gasteiger partial charge in [0.15, 0.2) is 0 Å². The molecule has 0 atom stereocenters. The SMILES string of the molecule is COc1cc(N)c(Cl)cc1C(=O)NC1CCN(CC2CCN(S(=O)(=O)N(C)C)CC2)CC1. The van der Waals surface area contributed by atoms with Crippen molar-refractivity contribution in [3.63, 3.8) is 0 Å². The minimum absolute atomic E-state index is 0.0897. The van der Waals surface area contributed by atoms with Gasteiger partial charge in [-0.05, 0) is 37.7 Å². The third-order valence-electron chi connectivity index (χ3n) is 6.36. The van der Waals surface area contributed by atoms with Crippen molar-refractivity contribution in [1.82, 2.24) is 18.8 Å². The first kappa shape index (κ1) is 25.0. The summed E-state index contributed by atoms with van der Waals surface area (Å²) < 4.78 is 32.7. The lowest BCUT2D eigenvalue weighted by molar-refractivity contribution is 0.0896. The third kappa shape index (κ3) is 5.85. The van der Waals surface area contributed by atoms with Crippen LogP contribution >= 0.6 is 11.6 Å². The van der Waals surface area contributed by atoms with Gasteiger partial charge in [0.25, 0.3) is 16.1 Å². The molecule has 1 aromatic carbocycles. The van der Waals surface area contributed by atoms with Crippen molar-refractivity contribution in [3.8, 4) is 5.75 Å². The number of benzene rings is 1. The highest BCUT2D eigenvalue weighted by Crippen LogP contribution is 2.29. The number of likely N-dealkylation sites (tertiary alicyclic amines) is 1. The highest BCUT2D eigenvalue weighted by molar-refractivity contribution is 7.86. The fourth-order valence-corrected chi connectivity index (χ4v) is 5.65. The number of halogens is 1. The number of amides is 1. The van der Waals surface area contributed by atoms with Crippen molar-refractivity contribution < 1.29 is 17.9 Å². The maximum Gasteiger partial charge on any atom is 0.281 e. The molecule has 2 aliphatic heterocycles. The predicted molar refractivity (Wildman–Crippen MR) is 126 cm³/mol. The molecule has 0 aromatic heterocycles. The van der Waals surface area contributed by atoms with E-state index in [4.69, 9.17) is 22.1 Å². The van der Waals surface area contributed by atoms with E-state index < -0.39 is 10.2 Å². The highest BCUT2D eigenvalue weighted by atomic mass is 35.5.